The van der Waals surface area contributed by atoms with Crippen molar-refractivity contribution in [2.75, 3.05) is 13.2 Å². The molecule has 0 aromatic carbocycles. The van der Waals surface area contributed by atoms with E-state index >= 15 is 0 Å². The van der Waals surface area contributed by atoms with Crippen LogP contribution < -0.4 is 0 Å². The molecule has 0 aromatic heterocycles. The van der Waals surface area contributed by atoms with Crippen molar-refractivity contribution in [1.29, 1.82) is 0 Å². The highest BCUT2D eigenvalue weighted by atomic mass is 16.6. The summed E-state index contributed by atoms with van der Waals surface area (Å²) in [6.45, 7) is 3.27. The second kappa shape index (κ2) is 1.29. The van der Waals surface area contributed by atoms with Crippen molar-refractivity contribution in [1.82, 2.24) is 0 Å². The van der Waals surface area contributed by atoms with Crippen LogP contribution in [0.25, 0.3) is 0 Å². The average molecular weight is 87.1 g/mol. The molecule has 0 aliphatic carbocycles. The summed E-state index contributed by atoms with van der Waals surface area (Å²) in [6, 6.07) is 0. The molecule has 0 amide bonds. The van der Waals surface area contributed by atoms with Gasteiger partial charge in [0.2, 0.25) is 13.2 Å². The van der Waals surface area contributed by atoms with Crippen LogP contribution in [0.15, 0.2) is 0 Å². The summed E-state index contributed by atoms with van der Waals surface area (Å²) in [7, 11) is 0. The summed E-state index contributed by atoms with van der Waals surface area (Å²) in [5, 5.41) is 0. The first-order valence-corrected chi connectivity index (χ1v) is 1.99. The first-order chi connectivity index (χ1) is 2.89. The first kappa shape index (κ1) is 3.65. The monoisotopic (exact) mass is 87.0 g/mol. The van der Waals surface area contributed by atoms with Crippen LogP contribution in [0.4, 0.5) is 0 Å². The van der Waals surface area contributed by atoms with E-state index in [0.717, 1.165) is 13.2 Å². The Bertz CT molecular complexity index is 75.6. The molecule has 0 aromatic rings. The van der Waals surface area contributed by atoms with Gasteiger partial charge >= 0.3 is 5.97 Å². The Morgan fingerprint density at radius 1 is 1.83 bits per heavy atom. The highest BCUT2D eigenvalue weighted by molar-refractivity contribution is 5.67. The number of ether oxygens (including phenoxy) is 1. The van der Waals surface area contributed by atoms with Crippen LogP contribution in [0.2, 0.25) is 0 Å². The van der Waals surface area contributed by atoms with Gasteiger partial charge in [-0.1, -0.05) is 0 Å². The van der Waals surface area contributed by atoms with Gasteiger partial charge in [0, 0.05) is 0 Å². The SMILES string of the molecule is CC1=[O+]CCO1. The van der Waals surface area contributed by atoms with Crippen LogP contribution >= 0.6 is 0 Å². The molecule has 2 nitrogen and oxygen atoms in total. The summed E-state index contributed by atoms with van der Waals surface area (Å²) in [6.07, 6.45) is 0. The lowest BCUT2D eigenvalue weighted by molar-refractivity contribution is -0.445. The summed E-state index contributed by atoms with van der Waals surface area (Å²) >= 11 is 0. The summed E-state index contributed by atoms with van der Waals surface area (Å²) in [5.41, 5.74) is 0. The fraction of sp³-hybridized carbons (Fsp3) is 0.750. The number of hydrogen-bond acceptors (Lipinski definition) is 1. The van der Waals surface area contributed by atoms with Gasteiger partial charge in [0.25, 0.3) is 0 Å². The number of cyclic esters (lactones) is 1. The molecule has 0 fully saturated rings. The van der Waals surface area contributed by atoms with E-state index in [9.17, 15) is 0 Å². The molecule has 1 rings (SSSR count). The molecule has 0 saturated carbocycles. The number of carbonyl (C=O) groups excluding carboxylic acids is 1. The first-order valence-electron chi connectivity index (χ1n) is 1.99. The molecule has 0 N–H and O–H groups in total. The molecule has 0 unspecified atom stereocenters. The second-order valence-corrected chi connectivity index (χ2v) is 1.19. The predicted molar refractivity (Wildman–Crippen MR) is 21.5 cm³/mol. The molecule has 34 valence electrons. The molecule has 6 heavy (non-hydrogen) atoms. The lowest BCUT2D eigenvalue weighted by Gasteiger charge is -1.67. The van der Waals surface area contributed by atoms with E-state index < -0.39 is 0 Å². The largest absolute Gasteiger partial charge is 0.481 e. The lowest BCUT2D eigenvalue weighted by atomic mass is 10.8. The minimum Gasteiger partial charge on any atom is -0.315 e. The molecular formula is C4H7O2+. The van der Waals surface area contributed by atoms with E-state index in [0.29, 0.717) is 5.97 Å². The van der Waals surface area contributed by atoms with Gasteiger partial charge in [0.15, 0.2) is 0 Å². The van der Waals surface area contributed by atoms with Crippen LogP contribution in [0.5, 0.6) is 0 Å². The standard InChI is InChI=1S/C4H7O2/c1-4-5-2-3-6-4/h2-3H2,1H3/q+1. The van der Waals surface area contributed by atoms with E-state index in [4.69, 9.17) is 9.16 Å². The van der Waals surface area contributed by atoms with Crippen molar-refractivity contribution in [2.45, 2.75) is 6.92 Å². The third-order valence-electron chi connectivity index (χ3n) is 0.694. The smallest absolute Gasteiger partial charge is 0.315 e. The van der Waals surface area contributed by atoms with E-state index in [1.54, 1.807) is 0 Å². The van der Waals surface area contributed by atoms with Crippen molar-refractivity contribution >= 4 is 5.97 Å². The quantitative estimate of drug-likeness (QED) is 0.303. The van der Waals surface area contributed by atoms with Gasteiger partial charge in [-0.2, -0.15) is 0 Å². The van der Waals surface area contributed by atoms with Crippen molar-refractivity contribution in [2.24, 2.45) is 0 Å². The maximum absolute atomic E-state index is 4.85. The molecule has 0 radical (unpaired) electrons. The van der Waals surface area contributed by atoms with Gasteiger partial charge in [0.1, 0.15) is 0 Å². The zero-order valence-corrected chi connectivity index (χ0v) is 3.73. The Morgan fingerprint density at radius 2 is 2.67 bits per heavy atom. The van der Waals surface area contributed by atoms with E-state index in [1.807, 2.05) is 6.92 Å². The van der Waals surface area contributed by atoms with E-state index in [1.165, 1.54) is 0 Å². The fourth-order valence-electron chi connectivity index (χ4n) is 0.412. The second-order valence-electron chi connectivity index (χ2n) is 1.19. The molecule has 0 spiro atoms. The van der Waals surface area contributed by atoms with Gasteiger partial charge in [-0.25, -0.2) is 0 Å². The highest BCUT2D eigenvalue weighted by Crippen LogP contribution is 1.84. The Labute approximate surface area is 36.4 Å². The summed E-state index contributed by atoms with van der Waals surface area (Å²) < 4.78 is 9.69. The van der Waals surface area contributed by atoms with Gasteiger partial charge in [-0.3, -0.25) is 0 Å². The third kappa shape index (κ3) is 0.506. The minimum atomic E-state index is 0.704. The van der Waals surface area contributed by atoms with Gasteiger partial charge in [-0.05, 0) is 0 Å². The zero-order chi connectivity index (χ0) is 4.41. The fourth-order valence-corrected chi connectivity index (χ4v) is 0.412. The zero-order valence-electron chi connectivity index (χ0n) is 3.73. The van der Waals surface area contributed by atoms with Crippen LogP contribution in [-0.4, -0.2) is 19.2 Å². The Balaban J connectivity index is 2.45. The molecule has 1 aliphatic heterocycles. The topological polar surface area (TPSA) is 20.5 Å². The Kier molecular flexibility index (Phi) is 0.783. The van der Waals surface area contributed by atoms with Gasteiger partial charge in [0.05, 0.1) is 6.92 Å². The van der Waals surface area contributed by atoms with E-state index in [2.05, 4.69) is 0 Å². The third-order valence-corrected chi connectivity index (χ3v) is 0.694. The van der Waals surface area contributed by atoms with Crippen molar-refractivity contribution in [3.8, 4) is 0 Å². The highest BCUT2D eigenvalue weighted by Gasteiger charge is 2.12. The maximum atomic E-state index is 4.85. The number of esters is 1. The van der Waals surface area contributed by atoms with Gasteiger partial charge < -0.3 is 9.16 Å². The molecule has 2 heteroatoms. The van der Waals surface area contributed by atoms with Crippen molar-refractivity contribution < 1.29 is 9.16 Å². The van der Waals surface area contributed by atoms with Crippen molar-refractivity contribution in [3.63, 3.8) is 0 Å². The minimum absolute atomic E-state index is 0.704. The Hall–Kier alpha value is -0.530. The van der Waals surface area contributed by atoms with Crippen LogP contribution in [0.1, 0.15) is 6.92 Å². The summed E-state index contributed by atoms with van der Waals surface area (Å²) in [4.78, 5) is 0. The summed E-state index contributed by atoms with van der Waals surface area (Å²) in [5.74, 6) is 0.704. The lowest BCUT2D eigenvalue weighted by Crippen LogP contribution is -1.89. The maximum Gasteiger partial charge on any atom is 0.481 e. The average Bonchev–Trinajstić information content (AvgIpc) is 1.86. The number of rotatable bonds is 0. The molecule has 1 heterocycles. The van der Waals surface area contributed by atoms with Crippen LogP contribution in [0, 0.1) is 0 Å². The normalized spacial score (nSPS) is 19.8. The molecule has 0 atom stereocenters. The molecule has 0 bridgehead atoms. The van der Waals surface area contributed by atoms with Crippen LogP contribution in [0.3, 0.4) is 0 Å². The van der Waals surface area contributed by atoms with Crippen molar-refractivity contribution in [3.05, 3.63) is 0 Å². The Morgan fingerprint density at radius 3 is 2.83 bits per heavy atom. The molecule has 1 aliphatic rings. The molecule has 0 saturated heterocycles. The number of hydrogen-bond donors (Lipinski definition) is 0. The van der Waals surface area contributed by atoms with Gasteiger partial charge in [-0.15, -0.1) is 0 Å². The van der Waals surface area contributed by atoms with Crippen LogP contribution in [-0.2, 0) is 9.16 Å². The van der Waals surface area contributed by atoms with E-state index in [-0.39, 0.29) is 0 Å². The predicted octanol–water partition coefficient (Wildman–Crippen LogP) is 0.0988. The molecular weight excluding hydrogens is 80.0 g/mol.